The average Bonchev–Trinajstić information content (AvgIpc) is 2.56. The summed E-state index contributed by atoms with van der Waals surface area (Å²) in [5.74, 6) is -2.66. The van der Waals surface area contributed by atoms with Crippen LogP contribution in [0.2, 0.25) is 0 Å². The molecular formula is C12H19N3O6. The predicted octanol–water partition coefficient (Wildman–Crippen LogP) is -0.822. The fraction of sp³-hybridized carbons (Fsp3) is 0.667. The zero-order chi connectivity index (χ0) is 16.0. The lowest BCUT2D eigenvalue weighted by molar-refractivity contribution is -0.140. The molecule has 1 rings (SSSR count). The number of hydrogen-bond acceptors (Lipinski definition) is 4. The summed E-state index contributed by atoms with van der Waals surface area (Å²) in [4.78, 5) is 47.9. The van der Waals surface area contributed by atoms with E-state index in [1.54, 1.807) is 7.05 Å². The van der Waals surface area contributed by atoms with Crippen LogP contribution in [0.3, 0.4) is 0 Å². The number of amides is 3. The van der Waals surface area contributed by atoms with Crippen molar-refractivity contribution in [2.45, 2.75) is 25.3 Å². The largest absolute Gasteiger partial charge is 0.481 e. The molecule has 9 heteroatoms. The number of carbonyl (C=O) groups excluding carboxylic acids is 2. The third-order valence-corrected chi connectivity index (χ3v) is 3.20. The van der Waals surface area contributed by atoms with Crippen molar-refractivity contribution in [1.29, 1.82) is 0 Å². The molecule has 0 aromatic rings. The first-order valence-corrected chi connectivity index (χ1v) is 6.55. The lowest BCUT2D eigenvalue weighted by atomic mass is 10.1. The molecule has 118 valence electrons. The molecule has 1 fully saturated rings. The van der Waals surface area contributed by atoms with E-state index in [4.69, 9.17) is 10.2 Å². The maximum atomic E-state index is 12.0. The average molecular weight is 301 g/mol. The van der Waals surface area contributed by atoms with E-state index in [0.717, 1.165) is 0 Å². The van der Waals surface area contributed by atoms with Gasteiger partial charge in [-0.25, -0.2) is 9.59 Å². The molecule has 3 N–H and O–H groups in total. The van der Waals surface area contributed by atoms with E-state index in [-0.39, 0.29) is 25.3 Å². The van der Waals surface area contributed by atoms with Crippen molar-refractivity contribution in [2.24, 2.45) is 0 Å². The zero-order valence-electron chi connectivity index (χ0n) is 11.7. The number of nitrogens with one attached hydrogen (secondary N) is 1. The minimum absolute atomic E-state index is 0.117. The molecule has 1 aliphatic heterocycles. The maximum absolute atomic E-state index is 12.0. The van der Waals surface area contributed by atoms with Gasteiger partial charge in [-0.05, 0) is 12.8 Å². The Bertz CT molecular complexity index is 439. The maximum Gasteiger partial charge on any atom is 0.326 e. The van der Waals surface area contributed by atoms with Crippen LogP contribution in [-0.4, -0.2) is 76.6 Å². The highest BCUT2D eigenvalue weighted by Crippen LogP contribution is 2.05. The summed E-state index contributed by atoms with van der Waals surface area (Å²) in [7, 11) is 1.64. The van der Waals surface area contributed by atoms with Crippen molar-refractivity contribution in [1.82, 2.24) is 15.1 Å². The molecule has 0 radical (unpaired) electrons. The Hall–Kier alpha value is -2.32. The molecule has 0 aromatic carbocycles. The molecule has 0 aromatic heterocycles. The summed E-state index contributed by atoms with van der Waals surface area (Å²) in [6.45, 7) is 0.755. The first kappa shape index (κ1) is 16.7. The molecule has 21 heavy (non-hydrogen) atoms. The van der Waals surface area contributed by atoms with Crippen LogP contribution in [-0.2, 0) is 14.4 Å². The van der Waals surface area contributed by atoms with Gasteiger partial charge in [-0.2, -0.15) is 0 Å². The van der Waals surface area contributed by atoms with Crippen LogP contribution in [0.15, 0.2) is 0 Å². The van der Waals surface area contributed by atoms with Gasteiger partial charge in [0.25, 0.3) is 0 Å². The Morgan fingerprint density at radius 3 is 2.52 bits per heavy atom. The van der Waals surface area contributed by atoms with Crippen molar-refractivity contribution in [2.75, 3.05) is 26.7 Å². The van der Waals surface area contributed by atoms with Gasteiger partial charge >= 0.3 is 18.0 Å². The smallest absolute Gasteiger partial charge is 0.326 e. The number of urea groups is 1. The van der Waals surface area contributed by atoms with Crippen molar-refractivity contribution in [3.63, 3.8) is 0 Å². The van der Waals surface area contributed by atoms with E-state index in [1.165, 1.54) is 9.80 Å². The van der Waals surface area contributed by atoms with Crippen LogP contribution in [0, 0.1) is 0 Å². The highest BCUT2D eigenvalue weighted by atomic mass is 16.4. The Labute approximate surface area is 121 Å². The van der Waals surface area contributed by atoms with Crippen molar-refractivity contribution < 1.29 is 29.4 Å². The SMILES string of the molecule is CN1CCCN(C(=O)N[C@@H](CCC(=O)O)C(=O)O)CC1=O. The minimum atomic E-state index is -1.30. The highest BCUT2D eigenvalue weighted by Gasteiger charge is 2.27. The molecule has 1 atom stereocenters. The van der Waals surface area contributed by atoms with E-state index < -0.39 is 24.0 Å². The fourth-order valence-electron chi connectivity index (χ4n) is 1.93. The third-order valence-electron chi connectivity index (χ3n) is 3.20. The summed E-state index contributed by atoms with van der Waals surface area (Å²) in [6.07, 6.45) is 0.0273. The monoisotopic (exact) mass is 301 g/mol. The van der Waals surface area contributed by atoms with Gasteiger partial charge in [-0.1, -0.05) is 0 Å². The van der Waals surface area contributed by atoms with Crippen LogP contribution in [0.25, 0.3) is 0 Å². The quantitative estimate of drug-likeness (QED) is 0.608. The lowest BCUT2D eigenvalue weighted by Crippen LogP contribution is -2.49. The van der Waals surface area contributed by atoms with Crippen LogP contribution in [0.1, 0.15) is 19.3 Å². The van der Waals surface area contributed by atoms with Crippen LogP contribution in [0.5, 0.6) is 0 Å². The topological polar surface area (TPSA) is 127 Å². The van der Waals surface area contributed by atoms with Crippen LogP contribution < -0.4 is 5.32 Å². The van der Waals surface area contributed by atoms with Gasteiger partial charge in [0.05, 0.1) is 0 Å². The molecule has 1 aliphatic rings. The third kappa shape index (κ3) is 5.28. The number of carboxylic acid groups (broad SMARTS) is 2. The summed E-state index contributed by atoms with van der Waals surface area (Å²) in [6, 6.07) is -1.96. The number of carbonyl (C=O) groups is 4. The second-order valence-corrected chi connectivity index (χ2v) is 4.86. The van der Waals surface area contributed by atoms with Crippen LogP contribution >= 0.6 is 0 Å². The Morgan fingerprint density at radius 2 is 1.95 bits per heavy atom. The Morgan fingerprint density at radius 1 is 1.29 bits per heavy atom. The van der Waals surface area contributed by atoms with E-state index in [1.807, 2.05) is 0 Å². The van der Waals surface area contributed by atoms with Crippen LogP contribution in [0.4, 0.5) is 4.79 Å². The van der Waals surface area contributed by atoms with E-state index in [0.29, 0.717) is 19.5 Å². The van der Waals surface area contributed by atoms with E-state index in [2.05, 4.69) is 5.32 Å². The van der Waals surface area contributed by atoms with Crippen molar-refractivity contribution in [3.8, 4) is 0 Å². The molecule has 0 saturated carbocycles. The normalized spacial score (nSPS) is 17.1. The second-order valence-electron chi connectivity index (χ2n) is 4.86. The minimum Gasteiger partial charge on any atom is -0.481 e. The van der Waals surface area contributed by atoms with Gasteiger partial charge in [-0.15, -0.1) is 0 Å². The summed E-state index contributed by atoms with van der Waals surface area (Å²) in [5.41, 5.74) is 0. The van der Waals surface area contributed by atoms with Crippen molar-refractivity contribution in [3.05, 3.63) is 0 Å². The van der Waals surface area contributed by atoms with E-state index >= 15 is 0 Å². The molecule has 0 spiro atoms. The van der Waals surface area contributed by atoms with Gasteiger partial charge in [0.2, 0.25) is 5.91 Å². The van der Waals surface area contributed by atoms with Gasteiger partial charge in [-0.3, -0.25) is 9.59 Å². The Balaban J connectivity index is 2.61. The molecule has 9 nitrogen and oxygen atoms in total. The molecule has 0 aliphatic carbocycles. The summed E-state index contributed by atoms with van der Waals surface area (Å²) < 4.78 is 0. The van der Waals surface area contributed by atoms with Gasteiger partial charge < -0.3 is 25.3 Å². The number of hydrogen-bond donors (Lipinski definition) is 3. The standard InChI is InChI=1S/C12H19N3O6/c1-14-5-2-6-15(7-9(14)16)12(21)13-8(11(19)20)3-4-10(17)18/h8H,2-7H2,1H3,(H,13,21)(H,17,18)(H,19,20)/t8-/m0/s1. The van der Waals surface area contributed by atoms with Gasteiger partial charge in [0, 0.05) is 26.6 Å². The highest BCUT2D eigenvalue weighted by molar-refractivity contribution is 5.87. The van der Waals surface area contributed by atoms with Gasteiger partial charge in [0.1, 0.15) is 12.6 Å². The summed E-state index contributed by atoms with van der Waals surface area (Å²) in [5, 5.41) is 19.8. The fourth-order valence-corrected chi connectivity index (χ4v) is 1.93. The van der Waals surface area contributed by atoms with Crippen molar-refractivity contribution >= 4 is 23.9 Å². The second kappa shape index (κ2) is 7.46. The molecular weight excluding hydrogens is 282 g/mol. The number of likely N-dealkylation sites (N-methyl/N-ethyl adjacent to an activating group) is 1. The molecule has 1 heterocycles. The first-order valence-electron chi connectivity index (χ1n) is 6.55. The van der Waals surface area contributed by atoms with E-state index in [9.17, 15) is 19.2 Å². The van der Waals surface area contributed by atoms with Gasteiger partial charge in [0.15, 0.2) is 0 Å². The number of aliphatic carboxylic acids is 2. The number of nitrogens with zero attached hydrogens (tertiary/aromatic N) is 2. The number of carboxylic acids is 2. The molecule has 1 saturated heterocycles. The molecule has 0 unspecified atom stereocenters. The molecule has 0 bridgehead atoms. The summed E-state index contributed by atoms with van der Waals surface area (Å²) >= 11 is 0. The zero-order valence-corrected chi connectivity index (χ0v) is 11.7. The first-order chi connectivity index (χ1) is 9.81. The molecule has 3 amide bonds. The predicted molar refractivity (Wildman–Crippen MR) is 70.7 cm³/mol. The number of rotatable bonds is 5. The Kier molecular flexibility index (Phi) is 5.94. The lowest BCUT2D eigenvalue weighted by Gasteiger charge is -2.22.